The molecule has 102 valence electrons. The van der Waals surface area contributed by atoms with Crippen molar-refractivity contribution in [1.29, 1.82) is 0 Å². The molecule has 2 unspecified atom stereocenters. The molecule has 1 N–H and O–H groups in total. The van der Waals surface area contributed by atoms with E-state index in [2.05, 4.69) is 6.58 Å². The van der Waals surface area contributed by atoms with E-state index in [1.807, 2.05) is 13.8 Å². The van der Waals surface area contributed by atoms with Crippen molar-refractivity contribution in [3.63, 3.8) is 0 Å². The minimum atomic E-state index is -0.846. The van der Waals surface area contributed by atoms with Crippen LogP contribution in [-0.4, -0.2) is 34.5 Å². The second-order valence-corrected chi connectivity index (χ2v) is 5.52. The fourth-order valence-electron chi connectivity index (χ4n) is 2.07. The van der Waals surface area contributed by atoms with Crippen molar-refractivity contribution in [3.05, 3.63) is 12.2 Å². The van der Waals surface area contributed by atoms with Crippen LogP contribution in [0, 0.1) is 11.8 Å². The average molecular weight is 253 g/mol. The fourth-order valence-corrected chi connectivity index (χ4v) is 2.07. The van der Waals surface area contributed by atoms with Gasteiger partial charge in [0.05, 0.1) is 5.92 Å². The Hall–Kier alpha value is -1.32. The van der Waals surface area contributed by atoms with Crippen LogP contribution in [0.25, 0.3) is 0 Å². The zero-order valence-electron chi connectivity index (χ0n) is 11.5. The largest absolute Gasteiger partial charge is 0.481 e. The van der Waals surface area contributed by atoms with E-state index in [0.717, 1.165) is 18.4 Å². The minimum Gasteiger partial charge on any atom is -0.481 e. The van der Waals surface area contributed by atoms with Crippen LogP contribution in [0.3, 0.4) is 0 Å². The number of rotatable bonds is 7. The summed E-state index contributed by atoms with van der Waals surface area (Å²) in [5.41, 5.74) is 0.984. The highest BCUT2D eigenvalue weighted by molar-refractivity contribution is 5.80. The lowest BCUT2D eigenvalue weighted by Crippen LogP contribution is -2.41. The van der Waals surface area contributed by atoms with Crippen LogP contribution in [0.2, 0.25) is 0 Å². The number of aliphatic carboxylic acids is 1. The summed E-state index contributed by atoms with van der Waals surface area (Å²) in [6.07, 6.45) is 2.67. The number of carboxylic acids is 1. The maximum atomic E-state index is 12.3. The first-order chi connectivity index (χ1) is 8.32. The van der Waals surface area contributed by atoms with Crippen molar-refractivity contribution in [2.45, 2.75) is 46.1 Å². The summed E-state index contributed by atoms with van der Waals surface area (Å²) in [6, 6.07) is 0.256. The van der Waals surface area contributed by atoms with Crippen LogP contribution in [-0.2, 0) is 9.59 Å². The number of amides is 1. The predicted octanol–water partition coefficient (Wildman–Crippen LogP) is 2.30. The molecule has 0 radical (unpaired) electrons. The lowest BCUT2D eigenvalue weighted by Gasteiger charge is -2.27. The molecule has 18 heavy (non-hydrogen) atoms. The topological polar surface area (TPSA) is 57.6 Å². The number of hydrogen-bond donors (Lipinski definition) is 1. The van der Waals surface area contributed by atoms with Crippen LogP contribution in [0.5, 0.6) is 0 Å². The minimum absolute atomic E-state index is 0.0635. The van der Waals surface area contributed by atoms with Gasteiger partial charge in [0.1, 0.15) is 0 Å². The molecule has 0 heterocycles. The summed E-state index contributed by atoms with van der Waals surface area (Å²) in [7, 11) is 0. The van der Waals surface area contributed by atoms with E-state index < -0.39 is 11.9 Å². The summed E-state index contributed by atoms with van der Waals surface area (Å²) in [5, 5.41) is 8.95. The molecule has 0 aliphatic heterocycles. The molecular formula is C14H23NO3. The van der Waals surface area contributed by atoms with Crippen molar-refractivity contribution in [1.82, 2.24) is 4.90 Å². The lowest BCUT2D eigenvalue weighted by molar-refractivity contribution is -0.144. The first-order valence-corrected chi connectivity index (χ1v) is 6.50. The van der Waals surface area contributed by atoms with Gasteiger partial charge in [-0.1, -0.05) is 19.4 Å². The van der Waals surface area contributed by atoms with Crippen LogP contribution in [0.4, 0.5) is 0 Å². The van der Waals surface area contributed by atoms with E-state index in [-0.39, 0.29) is 17.9 Å². The molecule has 1 fully saturated rings. The molecule has 1 amide bonds. The summed E-state index contributed by atoms with van der Waals surface area (Å²) in [6.45, 7) is 9.58. The molecule has 1 rings (SSSR count). The van der Waals surface area contributed by atoms with Gasteiger partial charge in [0.2, 0.25) is 5.91 Å². The number of carbonyl (C=O) groups excluding carboxylic acids is 1. The van der Waals surface area contributed by atoms with Gasteiger partial charge in [-0.05, 0) is 26.2 Å². The third-order valence-electron chi connectivity index (χ3n) is 3.24. The monoisotopic (exact) mass is 253 g/mol. The zero-order valence-corrected chi connectivity index (χ0v) is 11.5. The van der Waals surface area contributed by atoms with Gasteiger partial charge in [0.15, 0.2) is 0 Å². The maximum Gasteiger partial charge on any atom is 0.308 e. The van der Waals surface area contributed by atoms with E-state index in [9.17, 15) is 9.59 Å². The molecule has 0 spiro atoms. The predicted molar refractivity (Wildman–Crippen MR) is 70.1 cm³/mol. The smallest absolute Gasteiger partial charge is 0.308 e. The van der Waals surface area contributed by atoms with Crippen LogP contribution >= 0.6 is 0 Å². The average Bonchev–Trinajstić information content (AvgIpc) is 3.07. The third-order valence-corrected chi connectivity index (χ3v) is 3.24. The Kier molecular flexibility index (Phi) is 4.93. The first kappa shape index (κ1) is 14.7. The van der Waals surface area contributed by atoms with Crippen molar-refractivity contribution >= 4 is 11.9 Å². The van der Waals surface area contributed by atoms with Crippen molar-refractivity contribution in [2.24, 2.45) is 11.8 Å². The third kappa shape index (κ3) is 4.17. The number of hydrogen-bond acceptors (Lipinski definition) is 2. The Morgan fingerprint density at radius 2 is 1.89 bits per heavy atom. The fraction of sp³-hybridized carbons (Fsp3) is 0.714. The lowest BCUT2D eigenvalue weighted by atomic mass is 10.0. The molecule has 1 aliphatic carbocycles. The Balaban J connectivity index is 2.63. The standard InChI is InChI=1S/C14H23NO3/c1-9(2)7-10(3)13(16)15(12-5-6-12)8-11(4)14(17)18/h10-12H,1,5-8H2,2-4H3,(H,17,18). The Morgan fingerprint density at radius 1 is 1.33 bits per heavy atom. The van der Waals surface area contributed by atoms with E-state index in [1.165, 1.54) is 0 Å². The molecule has 4 heteroatoms. The second kappa shape index (κ2) is 6.03. The number of nitrogens with zero attached hydrogens (tertiary/aromatic N) is 1. The van der Waals surface area contributed by atoms with Gasteiger partial charge in [-0.25, -0.2) is 0 Å². The van der Waals surface area contributed by atoms with Crippen LogP contribution in [0.15, 0.2) is 12.2 Å². The van der Waals surface area contributed by atoms with E-state index in [4.69, 9.17) is 5.11 Å². The van der Waals surface area contributed by atoms with Crippen LogP contribution in [0.1, 0.15) is 40.0 Å². The number of carbonyl (C=O) groups is 2. The molecule has 4 nitrogen and oxygen atoms in total. The second-order valence-electron chi connectivity index (χ2n) is 5.52. The van der Waals surface area contributed by atoms with Gasteiger partial charge in [-0.15, -0.1) is 6.58 Å². The highest BCUT2D eigenvalue weighted by Crippen LogP contribution is 2.29. The molecule has 0 saturated heterocycles. The molecule has 0 bridgehead atoms. The molecule has 2 atom stereocenters. The van der Waals surface area contributed by atoms with Crippen molar-refractivity contribution < 1.29 is 14.7 Å². The summed E-state index contributed by atoms with van der Waals surface area (Å²) in [5.74, 6) is -1.40. The van der Waals surface area contributed by atoms with E-state index in [0.29, 0.717) is 13.0 Å². The maximum absolute atomic E-state index is 12.3. The zero-order chi connectivity index (χ0) is 13.9. The van der Waals surface area contributed by atoms with Crippen molar-refractivity contribution in [3.8, 4) is 0 Å². The summed E-state index contributed by atoms with van der Waals surface area (Å²) in [4.78, 5) is 25.0. The molecule has 0 aromatic heterocycles. The van der Waals surface area contributed by atoms with Gasteiger partial charge in [-0.2, -0.15) is 0 Å². The van der Waals surface area contributed by atoms with Crippen LogP contribution < -0.4 is 0 Å². The summed E-state index contributed by atoms with van der Waals surface area (Å²) >= 11 is 0. The normalized spacial score (nSPS) is 17.9. The highest BCUT2D eigenvalue weighted by atomic mass is 16.4. The van der Waals surface area contributed by atoms with Gasteiger partial charge >= 0.3 is 5.97 Å². The molecule has 0 aromatic rings. The van der Waals surface area contributed by atoms with Gasteiger partial charge in [-0.3, -0.25) is 9.59 Å². The van der Waals surface area contributed by atoms with Crippen molar-refractivity contribution in [2.75, 3.05) is 6.54 Å². The van der Waals surface area contributed by atoms with Gasteiger partial charge in [0, 0.05) is 18.5 Å². The van der Waals surface area contributed by atoms with E-state index in [1.54, 1.807) is 11.8 Å². The Bertz CT molecular complexity index is 347. The number of carboxylic acid groups (broad SMARTS) is 1. The Morgan fingerprint density at radius 3 is 2.28 bits per heavy atom. The van der Waals surface area contributed by atoms with Gasteiger partial charge in [0.25, 0.3) is 0 Å². The number of allylic oxidation sites excluding steroid dienone is 1. The first-order valence-electron chi connectivity index (χ1n) is 6.50. The van der Waals surface area contributed by atoms with E-state index >= 15 is 0 Å². The quantitative estimate of drug-likeness (QED) is 0.708. The molecule has 1 saturated carbocycles. The SMILES string of the molecule is C=C(C)CC(C)C(=O)N(CC(C)C(=O)O)C1CC1. The summed E-state index contributed by atoms with van der Waals surface area (Å²) < 4.78 is 0. The molecule has 0 aromatic carbocycles. The highest BCUT2D eigenvalue weighted by Gasteiger charge is 2.36. The molecular weight excluding hydrogens is 230 g/mol. The molecule has 1 aliphatic rings. The van der Waals surface area contributed by atoms with Gasteiger partial charge < -0.3 is 10.0 Å². The Labute approximate surface area is 109 Å².